The third-order valence-electron chi connectivity index (χ3n) is 3.32. The first kappa shape index (κ1) is 13.6. The van der Waals surface area contributed by atoms with Crippen molar-refractivity contribution in [2.45, 2.75) is 25.8 Å². The fourth-order valence-electron chi connectivity index (χ4n) is 1.95. The fourth-order valence-corrected chi connectivity index (χ4v) is 1.95. The second kappa shape index (κ2) is 6.95. The Hall–Kier alpha value is -1.81. The summed E-state index contributed by atoms with van der Waals surface area (Å²) >= 11 is 0. The third-order valence-corrected chi connectivity index (χ3v) is 3.32. The molecule has 0 spiro atoms. The molecule has 0 bridgehead atoms. The van der Waals surface area contributed by atoms with Crippen molar-refractivity contribution in [3.8, 4) is 0 Å². The molecule has 0 fully saturated rings. The van der Waals surface area contributed by atoms with Gasteiger partial charge in [-0.1, -0.05) is 6.07 Å². The van der Waals surface area contributed by atoms with Crippen LogP contribution in [0.4, 0.5) is 0 Å². The van der Waals surface area contributed by atoms with Crippen LogP contribution in [0, 0.1) is 0 Å². The minimum atomic E-state index is 0.445. The lowest BCUT2D eigenvalue weighted by Gasteiger charge is -2.24. The molecule has 0 aliphatic rings. The monoisotopic (exact) mass is 256 g/mol. The van der Waals surface area contributed by atoms with Crippen LogP contribution < -0.4 is 0 Å². The summed E-state index contributed by atoms with van der Waals surface area (Å²) in [5.41, 5.74) is 2.18. The molecular weight excluding hydrogens is 236 g/mol. The van der Waals surface area contributed by atoms with Crippen molar-refractivity contribution < 1.29 is 0 Å². The average Bonchev–Trinajstić information content (AvgIpc) is 2.47. The van der Waals surface area contributed by atoms with Gasteiger partial charge in [0.2, 0.25) is 0 Å². The number of hydrogen-bond acceptors (Lipinski definition) is 4. The van der Waals surface area contributed by atoms with Gasteiger partial charge in [-0.05, 0) is 26.1 Å². The molecule has 2 heterocycles. The molecule has 0 saturated carbocycles. The first-order valence-corrected chi connectivity index (χ1v) is 6.61. The summed E-state index contributed by atoms with van der Waals surface area (Å²) in [6.45, 7) is 3.21. The van der Waals surface area contributed by atoms with Crippen LogP contribution in [-0.4, -0.2) is 39.5 Å². The highest BCUT2D eigenvalue weighted by atomic mass is 15.1. The second-order valence-corrected chi connectivity index (χ2v) is 4.80. The smallest absolute Gasteiger partial charge is 0.0602 e. The molecule has 0 aliphatic heterocycles. The Bertz CT molecular complexity index is 472. The largest absolute Gasteiger partial charge is 0.303 e. The van der Waals surface area contributed by atoms with Gasteiger partial charge in [0, 0.05) is 55.9 Å². The maximum absolute atomic E-state index is 4.35. The van der Waals surface area contributed by atoms with Crippen LogP contribution in [0.5, 0.6) is 0 Å². The maximum Gasteiger partial charge on any atom is 0.0602 e. The van der Waals surface area contributed by atoms with Crippen molar-refractivity contribution in [2.24, 2.45) is 0 Å². The van der Waals surface area contributed by atoms with Crippen LogP contribution in [0.2, 0.25) is 0 Å². The van der Waals surface area contributed by atoms with Gasteiger partial charge in [-0.3, -0.25) is 15.0 Å². The molecule has 4 nitrogen and oxygen atoms in total. The molecule has 1 atom stereocenters. The first-order valence-electron chi connectivity index (χ1n) is 6.61. The highest BCUT2D eigenvalue weighted by Gasteiger charge is 2.10. The van der Waals surface area contributed by atoms with E-state index in [4.69, 9.17) is 0 Å². The minimum absolute atomic E-state index is 0.445. The molecule has 0 radical (unpaired) electrons. The topological polar surface area (TPSA) is 41.9 Å². The van der Waals surface area contributed by atoms with Crippen LogP contribution in [-0.2, 0) is 12.8 Å². The Morgan fingerprint density at radius 1 is 1.11 bits per heavy atom. The Kier molecular flexibility index (Phi) is 4.98. The van der Waals surface area contributed by atoms with Crippen molar-refractivity contribution in [2.75, 3.05) is 13.6 Å². The third kappa shape index (κ3) is 4.41. The number of rotatable bonds is 6. The number of aromatic nitrogens is 3. The van der Waals surface area contributed by atoms with Gasteiger partial charge in [0.1, 0.15) is 0 Å². The van der Waals surface area contributed by atoms with Gasteiger partial charge in [0.25, 0.3) is 0 Å². The van der Waals surface area contributed by atoms with E-state index in [0.29, 0.717) is 6.04 Å². The van der Waals surface area contributed by atoms with E-state index in [9.17, 15) is 0 Å². The van der Waals surface area contributed by atoms with E-state index in [-0.39, 0.29) is 0 Å². The molecule has 2 aromatic rings. The highest BCUT2D eigenvalue weighted by Crippen LogP contribution is 2.05. The predicted molar refractivity (Wildman–Crippen MR) is 75.8 cm³/mol. The SMILES string of the molecule is C[C@@H](Cc1cnccn1)N(C)CCc1ccccn1. The number of hydrogen-bond donors (Lipinski definition) is 0. The van der Waals surface area contributed by atoms with Gasteiger partial charge >= 0.3 is 0 Å². The van der Waals surface area contributed by atoms with Gasteiger partial charge in [0.05, 0.1) is 5.69 Å². The maximum atomic E-state index is 4.35. The summed E-state index contributed by atoms with van der Waals surface area (Å²) in [7, 11) is 2.14. The molecule has 0 amide bonds. The Morgan fingerprint density at radius 2 is 1.95 bits per heavy atom. The van der Waals surface area contributed by atoms with E-state index in [2.05, 4.69) is 39.9 Å². The minimum Gasteiger partial charge on any atom is -0.303 e. The van der Waals surface area contributed by atoms with Gasteiger partial charge in [-0.25, -0.2) is 0 Å². The van der Waals surface area contributed by atoms with Crippen molar-refractivity contribution in [3.63, 3.8) is 0 Å². The summed E-state index contributed by atoms with van der Waals surface area (Å²) in [4.78, 5) is 15.1. The van der Waals surface area contributed by atoms with Gasteiger partial charge in [-0.15, -0.1) is 0 Å². The molecule has 100 valence electrons. The lowest BCUT2D eigenvalue weighted by atomic mass is 10.1. The Morgan fingerprint density at radius 3 is 2.63 bits per heavy atom. The molecule has 0 N–H and O–H groups in total. The average molecular weight is 256 g/mol. The summed E-state index contributed by atoms with van der Waals surface area (Å²) in [5.74, 6) is 0. The van der Waals surface area contributed by atoms with E-state index in [1.807, 2.05) is 24.5 Å². The zero-order chi connectivity index (χ0) is 13.5. The molecule has 0 unspecified atom stereocenters. The lowest BCUT2D eigenvalue weighted by Crippen LogP contribution is -2.33. The molecule has 0 aliphatic carbocycles. The Labute approximate surface area is 114 Å². The van der Waals surface area contributed by atoms with Crippen LogP contribution in [0.15, 0.2) is 43.0 Å². The number of nitrogens with zero attached hydrogens (tertiary/aromatic N) is 4. The summed E-state index contributed by atoms with van der Waals surface area (Å²) in [6.07, 6.45) is 9.03. The summed E-state index contributed by atoms with van der Waals surface area (Å²) < 4.78 is 0. The highest BCUT2D eigenvalue weighted by molar-refractivity contribution is 5.04. The predicted octanol–water partition coefficient (Wildman–Crippen LogP) is 1.98. The van der Waals surface area contributed by atoms with Crippen LogP contribution >= 0.6 is 0 Å². The van der Waals surface area contributed by atoms with E-state index < -0.39 is 0 Å². The lowest BCUT2D eigenvalue weighted by molar-refractivity contribution is 0.257. The van der Waals surface area contributed by atoms with Crippen molar-refractivity contribution in [1.82, 2.24) is 19.9 Å². The van der Waals surface area contributed by atoms with E-state index in [0.717, 1.165) is 30.8 Å². The van der Waals surface area contributed by atoms with Crippen LogP contribution in [0.25, 0.3) is 0 Å². The molecular formula is C15H20N4. The van der Waals surface area contributed by atoms with Crippen LogP contribution in [0.3, 0.4) is 0 Å². The van der Waals surface area contributed by atoms with E-state index >= 15 is 0 Å². The van der Waals surface area contributed by atoms with Crippen molar-refractivity contribution in [1.29, 1.82) is 0 Å². The van der Waals surface area contributed by atoms with Crippen molar-refractivity contribution >= 4 is 0 Å². The van der Waals surface area contributed by atoms with Gasteiger partial charge in [0.15, 0.2) is 0 Å². The molecule has 4 heteroatoms. The molecule has 0 aromatic carbocycles. The second-order valence-electron chi connectivity index (χ2n) is 4.80. The van der Waals surface area contributed by atoms with Gasteiger partial charge < -0.3 is 4.90 Å². The fraction of sp³-hybridized carbons (Fsp3) is 0.400. The number of pyridine rings is 1. The molecule has 2 rings (SSSR count). The summed E-state index contributed by atoms with van der Waals surface area (Å²) in [6, 6.07) is 6.50. The van der Waals surface area contributed by atoms with E-state index in [1.165, 1.54) is 0 Å². The standard InChI is InChI=1S/C15H20N4/c1-13(11-15-12-16-8-9-18-15)19(2)10-6-14-5-3-4-7-17-14/h3-5,7-9,12-13H,6,10-11H2,1-2H3/t13-/m0/s1. The van der Waals surface area contributed by atoms with Gasteiger partial charge in [-0.2, -0.15) is 0 Å². The zero-order valence-electron chi connectivity index (χ0n) is 11.5. The Balaban J connectivity index is 1.81. The molecule has 2 aromatic heterocycles. The molecule has 19 heavy (non-hydrogen) atoms. The zero-order valence-corrected chi connectivity index (χ0v) is 11.5. The first-order chi connectivity index (χ1) is 9.25. The summed E-state index contributed by atoms with van der Waals surface area (Å²) in [5, 5.41) is 0. The van der Waals surface area contributed by atoms with Crippen molar-refractivity contribution in [3.05, 3.63) is 54.4 Å². The quantitative estimate of drug-likeness (QED) is 0.792. The molecule has 0 saturated heterocycles. The van der Waals surface area contributed by atoms with E-state index in [1.54, 1.807) is 12.4 Å². The number of likely N-dealkylation sites (N-methyl/N-ethyl adjacent to an activating group) is 1. The normalized spacial score (nSPS) is 12.6. The van der Waals surface area contributed by atoms with Crippen LogP contribution in [0.1, 0.15) is 18.3 Å².